The second kappa shape index (κ2) is 6.44. The zero-order valence-corrected chi connectivity index (χ0v) is 13.9. The van der Waals surface area contributed by atoms with E-state index < -0.39 is 22.9 Å². The minimum absolute atomic E-state index is 0.000263. The molecule has 0 fully saturated rings. The smallest absolute Gasteiger partial charge is 0.328 e. The van der Waals surface area contributed by atoms with Crippen LogP contribution >= 0.6 is 0 Å². The number of aromatic nitrogens is 2. The van der Waals surface area contributed by atoms with Crippen molar-refractivity contribution in [1.82, 2.24) is 9.55 Å². The number of halogens is 2. The summed E-state index contributed by atoms with van der Waals surface area (Å²) in [6.07, 6.45) is 0. The molecule has 0 spiro atoms. The number of hydrogen-bond acceptors (Lipinski definition) is 4. The molecule has 6 nitrogen and oxygen atoms in total. The molecule has 0 radical (unpaired) electrons. The number of hydrogen-bond donors (Lipinski definition) is 1. The minimum atomic E-state index is -0.783. The highest BCUT2D eigenvalue weighted by Gasteiger charge is 2.17. The molecule has 132 valence electrons. The summed E-state index contributed by atoms with van der Waals surface area (Å²) in [6.45, 7) is 1.76. The fourth-order valence-electron chi connectivity index (χ4n) is 2.79. The van der Waals surface area contributed by atoms with Gasteiger partial charge in [-0.3, -0.25) is 9.36 Å². The average molecular weight is 357 g/mol. The molecule has 0 aliphatic rings. The van der Waals surface area contributed by atoms with E-state index in [-0.39, 0.29) is 39.9 Å². The van der Waals surface area contributed by atoms with E-state index in [0.717, 1.165) is 16.7 Å². The van der Waals surface area contributed by atoms with Crippen LogP contribution in [-0.4, -0.2) is 16.7 Å². The van der Waals surface area contributed by atoms with Crippen molar-refractivity contribution in [2.75, 3.05) is 7.11 Å². The third-order valence-electron chi connectivity index (χ3n) is 4.09. The molecule has 1 N–H and O–H groups in total. The Labute approximate surface area is 145 Å². The van der Waals surface area contributed by atoms with Crippen molar-refractivity contribution in [2.45, 2.75) is 13.5 Å². The fourth-order valence-corrected chi connectivity index (χ4v) is 2.79. The van der Waals surface area contributed by atoms with E-state index in [1.807, 2.05) is 0 Å². The predicted molar refractivity (Wildman–Crippen MR) is 91.1 cm³/mol. The Bertz CT molecular complexity index is 1190. The fraction of sp³-hybridized carbons (Fsp3) is 0.167. The van der Waals surface area contributed by atoms with E-state index in [2.05, 4.69) is 4.98 Å². The Morgan fingerprint density at radius 3 is 2.50 bits per heavy atom. The SMILES string of the molecule is CCn1c(=O)[nH]c2cc(-c3cc(OC)c(F)cc3C#N)c(F)cc2c1=O. The van der Waals surface area contributed by atoms with Gasteiger partial charge in [0.1, 0.15) is 5.82 Å². The Morgan fingerprint density at radius 2 is 1.88 bits per heavy atom. The van der Waals surface area contributed by atoms with Crippen LogP contribution in [-0.2, 0) is 6.54 Å². The molecule has 26 heavy (non-hydrogen) atoms. The van der Waals surface area contributed by atoms with Crippen molar-refractivity contribution >= 4 is 10.9 Å². The van der Waals surface area contributed by atoms with Gasteiger partial charge in [-0.25, -0.2) is 13.6 Å². The highest BCUT2D eigenvalue weighted by atomic mass is 19.1. The van der Waals surface area contributed by atoms with Gasteiger partial charge in [0.2, 0.25) is 0 Å². The molecule has 0 atom stereocenters. The quantitative estimate of drug-likeness (QED) is 0.780. The Hall–Kier alpha value is -3.47. The van der Waals surface area contributed by atoms with Gasteiger partial charge in [0.15, 0.2) is 11.6 Å². The molecule has 3 rings (SSSR count). The third kappa shape index (κ3) is 2.63. The largest absolute Gasteiger partial charge is 0.494 e. The molecule has 0 saturated heterocycles. The Morgan fingerprint density at radius 1 is 1.15 bits per heavy atom. The Kier molecular flexibility index (Phi) is 4.30. The van der Waals surface area contributed by atoms with Gasteiger partial charge in [0, 0.05) is 17.7 Å². The van der Waals surface area contributed by atoms with Gasteiger partial charge in [0.05, 0.1) is 29.6 Å². The van der Waals surface area contributed by atoms with Crippen LogP contribution in [0.2, 0.25) is 0 Å². The average Bonchev–Trinajstić information content (AvgIpc) is 2.62. The number of H-pyrrole nitrogens is 1. The van der Waals surface area contributed by atoms with Crippen LogP contribution in [0.3, 0.4) is 0 Å². The lowest BCUT2D eigenvalue weighted by atomic mass is 9.98. The number of rotatable bonds is 3. The summed E-state index contributed by atoms with van der Waals surface area (Å²) in [5, 5.41) is 9.24. The van der Waals surface area contributed by atoms with E-state index in [1.54, 1.807) is 13.0 Å². The summed E-state index contributed by atoms with van der Waals surface area (Å²) in [5.41, 5.74) is -1.20. The lowest BCUT2D eigenvalue weighted by Crippen LogP contribution is -2.34. The predicted octanol–water partition coefficient (Wildman–Crippen LogP) is 2.54. The number of aromatic amines is 1. The molecule has 0 unspecified atom stereocenters. The maximum Gasteiger partial charge on any atom is 0.328 e. The normalized spacial score (nSPS) is 10.7. The van der Waals surface area contributed by atoms with Crippen LogP contribution in [0, 0.1) is 23.0 Å². The highest BCUT2D eigenvalue weighted by molar-refractivity contribution is 5.85. The van der Waals surface area contributed by atoms with E-state index in [1.165, 1.54) is 19.2 Å². The summed E-state index contributed by atoms with van der Waals surface area (Å²) >= 11 is 0. The maximum atomic E-state index is 14.7. The second-order valence-electron chi connectivity index (χ2n) is 5.50. The maximum absolute atomic E-state index is 14.7. The molecule has 0 amide bonds. The van der Waals surface area contributed by atoms with E-state index in [4.69, 9.17) is 4.74 Å². The van der Waals surface area contributed by atoms with Crippen molar-refractivity contribution < 1.29 is 13.5 Å². The summed E-state index contributed by atoms with van der Waals surface area (Å²) in [5.74, 6) is -1.70. The number of fused-ring (bicyclic) bond motifs is 1. The zero-order valence-electron chi connectivity index (χ0n) is 13.9. The van der Waals surface area contributed by atoms with Crippen molar-refractivity contribution in [3.8, 4) is 22.9 Å². The first kappa shape index (κ1) is 17.4. The van der Waals surface area contributed by atoms with Crippen LogP contribution in [0.5, 0.6) is 5.75 Å². The first-order valence-electron chi connectivity index (χ1n) is 7.65. The summed E-state index contributed by atoms with van der Waals surface area (Å²) in [6, 6.07) is 6.18. The molecule has 0 bridgehead atoms. The van der Waals surface area contributed by atoms with Gasteiger partial charge >= 0.3 is 5.69 Å². The summed E-state index contributed by atoms with van der Waals surface area (Å²) in [4.78, 5) is 26.8. The number of nitrogens with zero attached hydrogens (tertiary/aromatic N) is 2. The summed E-state index contributed by atoms with van der Waals surface area (Å²) in [7, 11) is 1.25. The topological polar surface area (TPSA) is 87.9 Å². The van der Waals surface area contributed by atoms with Gasteiger partial charge in [0.25, 0.3) is 5.56 Å². The molecule has 0 saturated carbocycles. The van der Waals surface area contributed by atoms with E-state index >= 15 is 0 Å². The summed E-state index contributed by atoms with van der Waals surface area (Å²) < 4.78 is 34.3. The van der Waals surface area contributed by atoms with Crippen molar-refractivity contribution in [2.24, 2.45) is 0 Å². The number of nitriles is 1. The lowest BCUT2D eigenvalue weighted by Gasteiger charge is -2.11. The van der Waals surface area contributed by atoms with E-state index in [0.29, 0.717) is 0 Å². The molecule has 1 aromatic heterocycles. The first-order chi connectivity index (χ1) is 12.4. The monoisotopic (exact) mass is 357 g/mol. The standard InChI is InChI=1S/C18H13F2N3O3/c1-3-23-17(24)12-5-13(19)11(6-15(12)22-18(23)25)10-7-16(26-2)14(20)4-9(10)8-21/h4-7H,3H2,1-2H3,(H,22,25). The van der Waals surface area contributed by atoms with Crippen LogP contribution in [0.15, 0.2) is 33.9 Å². The number of benzene rings is 2. The first-order valence-corrected chi connectivity index (χ1v) is 7.65. The van der Waals surface area contributed by atoms with Crippen molar-refractivity contribution in [3.05, 3.63) is 62.3 Å². The second-order valence-corrected chi connectivity index (χ2v) is 5.50. The van der Waals surface area contributed by atoms with Gasteiger partial charge in [-0.2, -0.15) is 5.26 Å². The molecule has 3 aromatic rings. The Balaban J connectivity index is 2.38. The van der Waals surface area contributed by atoms with Crippen molar-refractivity contribution in [1.29, 1.82) is 5.26 Å². The number of methoxy groups -OCH3 is 1. The van der Waals surface area contributed by atoms with Crippen LogP contribution in [0.4, 0.5) is 8.78 Å². The van der Waals surface area contributed by atoms with Crippen molar-refractivity contribution in [3.63, 3.8) is 0 Å². The van der Waals surface area contributed by atoms with Gasteiger partial charge < -0.3 is 9.72 Å². The van der Waals surface area contributed by atoms with Gasteiger partial charge in [-0.15, -0.1) is 0 Å². The number of nitrogens with one attached hydrogen (secondary N) is 1. The molecule has 1 heterocycles. The van der Waals surface area contributed by atoms with E-state index in [9.17, 15) is 23.6 Å². The van der Waals surface area contributed by atoms with Gasteiger partial charge in [-0.1, -0.05) is 0 Å². The molecular weight excluding hydrogens is 344 g/mol. The third-order valence-corrected chi connectivity index (χ3v) is 4.09. The zero-order chi connectivity index (χ0) is 19.0. The minimum Gasteiger partial charge on any atom is -0.494 e. The molecular formula is C18H13F2N3O3. The van der Waals surface area contributed by atoms with Crippen LogP contribution < -0.4 is 16.0 Å². The molecule has 2 aromatic carbocycles. The number of ether oxygens (including phenoxy) is 1. The van der Waals surface area contributed by atoms with Crippen LogP contribution in [0.1, 0.15) is 12.5 Å². The molecule has 0 aliphatic carbocycles. The van der Waals surface area contributed by atoms with Crippen LogP contribution in [0.25, 0.3) is 22.0 Å². The molecule has 0 aliphatic heterocycles. The van der Waals surface area contributed by atoms with Gasteiger partial charge in [-0.05, 0) is 31.2 Å². The highest BCUT2D eigenvalue weighted by Crippen LogP contribution is 2.33. The lowest BCUT2D eigenvalue weighted by molar-refractivity contribution is 0.386. The molecule has 8 heteroatoms.